The second-order valence-electron chi connectivity index (χ2n) is 4.47. The van der Waals surface area contributed by atoms with Gasteiger partial charge in [0.25, 0.3) is 11.8 Å². The maximum Gasteiger partial charge on any atom is 0.287 e. The van der Waals surface area contributed by atoms with E-state index in [0.29, 0.717) is 0 Å². The lowest BCUT2D eigenvalue weighted by molar-refractivity contribution is -0.684. The van der Waals surface area contributed by atoms with Crippen molar-refractivity contribution < 1.29 is 18.7 Å². The fourth-order valence-electron chi connectivity index (χ4n) is 1.76. The average Bonchev–Trinajstić information content (AvgIpc) is 2.49. The zero-order valence-electron chi connectivity index (χ0n) is 12.4. The van der Waals surface area contributed by atoms with Crippen LogP contribution in [-0.2, 0) is 22.7 Å². The normalized spacial score (nSPS) is 9.04. The molecule has 23 heavy (non-hydrogen) atoms. The number of aromatic nitrogens is 2. The smallest absolute Gasteiger partial charge is 0.287 e. The van der Waals surface area contributed by atoms with Crippen LogP contribution in [0.1, 0.15) is 0 Å². The van der Waals surface area contributed by atoms with Gasteiger partial charge in [0.05, 0.1) is 6.67 Å². The van der Waals surface area contributed by atoms with Crippen LogP contribution in [0.2, 0.25) is 0 Å². The molecule has 2 aromatic heterocycles. The summed E-state index contributed by atoms with van der Waals surface area (Å²) in [4.78, 5) is 23.3. The Morgan fingerprint density at radius 2 is 1.00 bits per heavy atom. The van der Waals surface area contributed by atoms with E-state index >= 15 is 0 Å². The SMILES string of the molecule is Cl.Cl.O=C(C[n+]1ccccc1)NCNC(=O)C[n+]1ccccc1. The molecule has 0 atom stereocenters. The summed E-state index contributed by atoms with van der Waals surface area (Å²) in [7, 11) is 0. The average molecular weight is 359 g/mol. The topological polar surface area (TPSA) is 66.0 Å². The molecule has 2 heterocycles. The number of rotatable bonds is 6. The van der Waals surface area contributed by atoms with Gasteiger partial charge in [-0.25, -0.2) is 0 Å². The Hall–Kier alpha value is -2.18. The van der Waals surface area contributed by atoms with E-state index in [4.69, 9.17) is 0 Å². The lowest BCUT2D eigenvalue weighted by Crippen LogP contribution is -2.48. The molecule has 124 valence electrons. The van der Waals surface area contributed by atoms with Gasteiger partial charge in [0, 0.05) is 24.3 Å². The van der Waals surface area contributed by atoms with Gasteiger partial charge >= 0.3 is 0 Å². The zero-order valence-corrected chi connectivity index (χ0v) is 14.1. The minimum absolute atomic E-state index is 0. The molecule has 0 saturated carbocycles. The summed E-state index contributed by atoms with van der Waals surface area (Å²) in [5, 5.41) is 5.29. The van der Waals surface area contributed by atoms with Crippen molar-refractivity contribution in [3.8, 4) is 0 Å². The molecule has 0 aliphatic heterocycles. The van der Waals surface area contributed by atoms with Gasteiger partial charge in [0.15, 0.2) is 24.8 Å². The molecule has 0 bridgehead atoms. The van der Waals surface area contributed by atoms with E-state index in [-0.39, 0.29) is 56.4 Å². The molecule has 8 heteroatoms. The van der Waals surface area contributed by atoms with Crippen LogP contribution < -0.4 is 19.8 Å². The lowest BCUT2D eigenvalue weighted by atomic mass is 10.4. The van der Waals surface area contributed by atoms with E-state index in [0.717, 1.165) is 0 Å². The van der Waals surface area contributed by atoms with Crippen molar-refractivity contribution in [2.24, 2.45) is 0 Å². The number of hydrogen-bond acceptors (Lipinski definition) is 2. The summed E-state index contributed by atoms with van der Waals surface area (Å²) in [5.41, 5.74) is 0. The van der Waals surface area contributed by atoms with E-state index in [2.05, 4.69) is 10.6 Å². The highest BCUT2D eigenvalue weighted by Gasteiger charge is 2.10. The number of nitrogens with zero attached hydrogens (tertiary/aromatic N) is 2. The van der Waals surface area contributed by atoms with Gasteiger partial charge in [0.2, 0.25) is 13.1 Å². The summed E-state index contributed by atoms with van der Waals surface area (Å²) >= 11 is 0. The van der Waals surface area contributed by atoms with Crippen LogP contribution in [0.5, 0.6) is 0 Å². The van der Waals surface area contributed by atoms with Crippen LogP contribution in [0.4, 0.5) is 0 Å². The number of amides is 2. The molecule has 2 N–H and O–H groups in total. The second-order valence-corrected chi connectivity index (χ2v) is 4.47. The van der Waals surface area contributed by atoms with Crippen LogP contribution >= 0.6 is 24.8 Å². The first-order chi connectivity index (χ1) is 10.2. The van der Waals surface area contributed by atoms with E-state index in [1.807, 2.05) is 61.2 Å². The molecule has 0 aliphatic carbocycles. The van der Waals surface area contributed by atoms with Crippen LogP contribution in [0.15, 0.2) is 61.2 Å². The fraction of sp³-hybridized carbons (Fsp3) is 0.200. The summed E-state index contributed by atoms with van der Waals surface area (Å²) in [6.07, 6.45) is 7.24. The van der Waals surface area contributed by atoms with Gasteiger partial charge < -0.3 is 10.6 Å². The lowest BCUT2D eigenvalue weighted by Gasteiger charge is -2.04. The van der Waals surface area contributed by atoms with Crippen LogP contribution in [0.3, 0.4) is 0 Å². The first-order valence-electron chi connectivity index (χ1n) is 6.65. The van der Waals surface area contributed by atoms with Crippen molar-refractivity contribution in [3.63, 3.8) is 0 Å². The highest BCUT2D eigenvalue weighted by Crippen LogP contribution is 1.78. The van der Waals surface area contributed by atoms with Gasteiger partial charge in [-0.2, -0.15) is 9.13 Å². The standard InChI is InChI=1S/C15H16N4O2.2ClH/c20-14(11-18-7-3-1-4-8-18)16-13-17-15(21)12-19-9-5-2-6-10-19;;/h1-10H,11-13H2;2*1H/p+2. The Labute approximate surface area is 147 Å². The van der Waals surface area contributed by atoms with Gasteiger partial charge in [-0.1, -0.05) is 12.1 Å². The first-order valence-corrected chi connectivity index (χ1v) is 6.65. The number of carbonyl (C=O) groups excluding carboxylic acids is 2. The third-order valence-electron chi connectivity index (χ3n) is 2.78. The van der Waals surface area contributed by atoms with Gasteiger partial charge in [-0.3, -0.25) is 9.59 Å². The minimum atomic E-state index is -0.154. The molecule has 0 aliphatic rings. The third-order valence-corrected chi connectivity index (χ3v) is 2.78. The molecule has 2 rings (SSSR count). The molecule has 2 aromatic rings. The van der Waals surface area contributed by atoms with Crippen molar-refractivity contribution in [1.82, 2.24) is 10.6 Å². The Morgan fingerprint density at radius 1 is 0.652 bits per heavy atom. The summed E-state index contributed by atoms with van der Waals surface area (Å²) in [6.45, 7) is 0.576. The van der Waals surface area contributed by atoms with Gasteiger partial charge in [0.1, 0.15) is 0 Å². The third kappa shape index (κ3) is 8.13. The predicted octanol–water partition coefficient (Wildman–Crippen LogP) is -0.00470. The number of nitrogens with one attached hydrogen (secondary N) is 2. The number of halogens is 2. The van der Waals surface area contributed by atoms with Crippen molar-refractivity contribution in [2.45, 2.75) is 13.1 Å². The summed E-state index contributed by atoms with van der Waals surface area (Å²) in [5.74, 6) is -0.308. The number of pyridine rings is 2. The van der Waals surface area contributed by atoms with Gasteiger partial charge in [-0.15, -0.1) is 24.8 Å². The summed E-state index contributed by atoms with van der Waals surface area (Å²) < 4.78 is 3.52. The Kier molecular flexibility index (Phi) is 10.3. The minimum Gasteiger partial charge on any atom is -0.333 e. The van der Waals surface area contributed by atoms with E-state index in [1.165, 1.54) is 0 Å². The molecule has 2 amide bonds. The number of carbonyl (C=O) groups is 2. The van der Waals surface area contributed by atoms with E-state index in [9.17, 15) is 9.59 Å². The monoisotopic (exact) mass is 358 g/mol. The maximum atomic E-state index is 11.7. The molecule has 0 saturated heterocycles. The van der Waals surface area contributed by atoms with Crippen LogP contribution in [-0.4, -0.2) is 18.5 Å². The number of hydrogen-bond donors (Lipinski definition) is 2. The van der Waals surface area contributed by atoms with Crippen LogP contribution in [0, 0.1) is 0 Å². The highest BCUT2D eigenvalue weighted by molar-refractivity contribution is 5.85. The molecule has 6 nitrogen and oxygen atoms in total. The van der Waals surface area contributed by atoms with E-state index in [1.54, 1.807) is 9.13 Å². The van der Waals surface area contributed by atoms with Crippen molar-refractivity contribution >= 4 is 36.6 Å². The summed E-state index contributed by atoms with van der Waals surface area (Å²) in [6, 6.07) is 11.2. The largest absolute Gasteiger partial charge is 0.333 e. The predicted molar refractivity (Wildman–Crippen MR) is 88.9 cm³/mol. The molecular formula is C15H20Cl2N4O2+2. The highest BCUT2D eigenvalue weighted by atomic mass is 35.5. The second kappa shape index (κ2) is 11.4. The Balaban J connectivity index is 0.00000242. The molecule has 0 aromatic carbocycles. The Morgan fingerprint density at radius 3 is 1.35 bits per heavy atom. The van der Waals surface area contributed by atoms with Crippen molar-refractivity contribution in [3.05, 3.63) is 61.2 Å². The molecule has 0 unspecified atom stereocenters. The van der Waals surface area contributed by atoms with Crippen molar-refractivity contribution in [2.75, 3.05) is 6.67 Å². The Bertz CT molecular complexity index is 543. The molecule has 0 fully saturated rings. The quantitative estimate of drug-likeness (QED) is 0.563. The molecule has 0 radical (unpaired) electrons. The van der Waals surface area contributed by atoms with E-state index < -0.39 is 0 Å². The first kappa shape index (κ1) is 20.8. The van der Waals surface area contributed by atoms with Crippen LogP contribution in [0.25, 0.3) is 0 Å². The fourth-order valence-corrected chi connectivity index (χ4v) is 1.76. The van der Waals surface area contributed by atoms with Gasteiger partial charge in [-0.05, 0) is 0 Å². The maximum absolute atomic E-state index is 11.7. The zero-order chi connectivity index (χ0) is 14.9. The molecular weight excluding hydrogens is 339 g/mol. The molecule has 0 spiro atoms. The van der Waals surface area contributed by atoms with Crippen molar-refractivity contribution in [1.29, 1.82) is 0 Å².